The molecule has 0 spiro atoms. The molecule has 6 heteroatoms. The standard InChI is InChI=1S/C23H24O6/c1-23(2)27-15-18(29-23)19-20(25-13-16-9-5-3-6-10-16)21(22(24)28-19)26-14-17-11-7-4-8-12-17/h3-12,18-19H,13-15H2,1-2H3/t18-,19+/m1/s1. The fraction of sp³-hybridized carbons (Fsp3) is 0.348. The Balaban J connectivity index is 1.55. The van der Waals surface area contributed by atoms with Crippen LogP contribution in [0.5, 0.6) is 0 Å². The zero-order valence-corrected chi connectivity index (χ0v) is 16.5. The lowest BCUT2D eigenvalue weighted by Gasteiger charge is -2.22. The SMILES string of the molecule is CC1(C)OC[C@H]([C@@H]2OC(=O)C(OCc3ccccc3)=C2OCc2ccccc2)O1. The number of carbonyl (C=O) groups is 1. The summed E-state index contributed by atoms with van der Waals surface area (Å²) in [6.07, 6.45) is -1.17. The van der Waals surface area contributed by atoms with Gasteiger partial charge >= 0.3 is 5.97 Å². The van der Waals surface area contributed by atoms with Gasteiger partial charge in [0.05, 0.1) is 6.61 Å². The van der Waals surface area contributed by atoms with Gasteiger partial charge in [0.25, 0.3) is 0 Å². The number of rotatable bonds is 7. The van der Waals surface area contributed by atoms with Crippen LogP contribution in [-0.4, -0.2) is 30.6 Å². The van der Waals surface area contributed by atoms with Crippen molar-refractivity contribution in [3.05, 3.63) is 83.3 Å². The fourth-order valence-corrected chi connectivity index (χ4v) is 3.30. The van der Waals surface area contributed by atoms with Gasteiger partial charge in [-0.3, -0.25) is 0 Å². The maximum atomic E-state index is 12.6. The summed E-state index contributed by atoms with van der Waals surface area (Å²) in [4.78, 5) is 12.6. The number of ether oxygens (including phenoxy) is 5. The van der Waals surface area contributed by atoms with E-state index in [1.165, 1.54) is 0 Å². The van der Waals surface area contributed by atoms with Gasteiger partial charge in [-0.15, -0.1) is 0 Å². The highest BCUT2D eigenvalue weighted by Crippen LogP contribution is 2.34. The highest BCUT2D eigenvalue weighted by atomic mass is 16.8. The molecule has 0 radical (unpaired) electrons. The van der Waals surface area contributed by atoms with Crippen molar-refractivity contribution >= 4 is 5.97 Å². The summed E-state index contributed by atoms with van der Waals surface area (Å²) in [5.41, 5.74) is 1.92. The predicted molar refractivity (Wildman–Crippen MR) is 104 cm³/mol. The molecule has 1 saturated heterocycles. The van der Waals surface area contributed by atoms with Crippen molar-refractivity contribution in [3.63, 3.8) is 0 Å². The molecule has 2 atom stereocenters. The lowest BCUT2D eigenvalue weighted by atomic mass is 10.1. The third-order valence-corrected chi connectivity index (χ3v) is 4.73. The molecule has 2 heterocycles. The molecule has 29 heavy (non-hydrogen) atoms. The summed E-state index contributed by atoms with van der Waals surface area (Å²) < 4.78 is 29.0. The van der Waals surface area contributed by atoms with E-state index >= 15 is 0 Å². The Morgan fingerprint density at radius 3 is 2.07 bits per heavy atom. The Hall–Kier alpha value is -2.83. The zero-order chi connectivity index (χ0) is 20.3. The molecule has 0 aromatic heterocycles. The van der Waals surface area contributed by atoms with E-state index < -0.39 is 24.0 Å². The van der Waals surface area contributed by atoms with Gasteiger partial charge in [0.15, 0.2) is 17.7 Å². The van der Waals surface area contributed by atoms with E-state index in [4.69, 9.17) is 23.7 Å². The van der Waals surface area contributed by atoms with Crippen molar-refractivity contribution < 1.29 is 28.5 Å². The van der Waals surface area contributed by atoms with Crippen LogP contribution >= 0.6 is 0 Å². The number of cyclic esters (lactones) is 1. The minimum atomic E-state index is -0.741. The van der Waals surface area contributed by atoms with Crippen molar-refractivity contribution in [1.29, 1.82) is 0 Å². The first-order chi connectivity index (χ1) is 14.0. The second-order valence-electron chi connectivity index (χ2n) is 7.43. The van der Waals surface area contributed by atoms with Crippen LogP contribution in [0, 0.1) is 0 Å². The van der Waals surface area contributed by atoms with E-state index in [1.54, 1.807) is 0 Å². The van der Waals surface area contributed by atoms with Crippen molar-refractivity contribution in [1.82, 2.24) is 0 Å². The number of carbonyl (C=O) groups excluding carboxylic acids is 1. The Kier molecular flexibility index (Phi) is 5.56. The van der Waals surface area contributed by atoms with Crippen LogP contribution in [0.25, 0.3) is 0 Å². The molecule has 2 aliphatic heterocycles. The minimum Gasteiger partial charge on any atom is -0.485 e. The first-order valence-electron chi connectivity index (χ1n) is 9.62. The molecule has 0 amide bonds. The van der Waals surface area contributed by atoms with Gasteiger partial charge in [0.2, 0.25) is 5.76 Å². The van der Waals surface area contributed by atoms with E-state index in [9.17, 15) is 4.79 Å². The molecule has 0 saturated carbocycles. The van der Waals surface area contributed by atoms with Crippen molar-refractivity contribution in [3.8, 4) is 0 Å². The summed E-state index contributed by atoms with van der Waals surface area (Å²) in [5.74, 6) is -0.860. The van der Waals surface area contributed by atoms with Gasteiger partial charge in [0.1, 0.15) is 19.3 Å². The molecule has 2 aliphatic rings. The predicted octanol–water partition coefficient (Wildman–Crippen LogP) is 3.71. The largest absolute Gasteiger partial charge is 0.485 e. The van der Waals surface area contributed by atoms with Gasteiger partial charge in [0, 0.05) is 0 Å². The van der Waals surface area contributed by atoms with Gasteiger partial charge in [-0.25, -0.2) is 4.79 Å². The van der Waals surface area contributed by atoms with Crippen LogP contribution in [0.1, 0.15) is 25.0 Å². The fourth-order valence-electron chi connectivity index (χ4n) is 3.30. The Bertz CT molecular complexity index is 875. The summed E-state index contributed by atoms with van der Waals surface area (Å²) >= 11 is 0. The lowest BCUT2D eigenvalue weighted by Crippen LogP contribution is -2.33. The molecule has 0 aliphatic carbocycles. The lowest BCUT2D eigenvalue weighted by molar-refractivity contribution is -0.164. The smallest absolute Gasteiger partial charge is 0.378 e. The summed E-state index contributed by atoms with van der Waals surface area (Å²) in [6.45, 7) is 4.48. The van der Waals surface area contributed by atoms with Crippen LogP contribution < -0.4 is 0 Å². The summed E-state index contributed by atoms with van der Waals surface area (Å²) in [5, 5.41) is 0. The third-order valence-electron chi connectivity index (χ3n) is 4.73. The van der Waals surface area contributed by atoms with Crippen LogP contribution in [-0.2, 0) is 41.7 Å². The molecule has 1 fully saturated rings. The van der Waals surface area contributed by atoms with E-state index in [0.29, 0.717) is 19.0 Å². The van der Waals surface area contributed by atoms with E-state index in [1.807, 2.05) is 74.5 Å². The average Bonchev–Trinajstić information content (AvgIpc) is 3.25. The van der Waals surface area contributed by atoms with Crippen LogP contribution in [0.2, 0.25) is 0 Å². The molecule has 4 rings (SSSR count). The molecule has 2 aromatic rings. The molecule has 6 nitrogen and oxygen atoms in total. The second kappa shape index (κ2) is 8.27. The number of hydrogen-bond acceptors (Lipinski definition) is 6. The maximum absolute atomic E-state index is 12.6. The highest BCUT2D eigenvalue weighted by molar-refractivity contribution is 5.89. The Labute approximate surface area is 170 Å². The Morgan fingerprint density at radius 1 is 0.931 bits per heavy atom. The first kappa shape index (κ1) is 19.5. The third kappa shape index (κ3) is 4.60. The Morgan fingerprint density at radius 2 is 1.52 bits per heavy atom. The maximum Gasteiger partial charge on any atom is 0.378 e. The van der Waals surface area contributed by atoms with Crippen LogP contribution in [0.4, 0.5) is 0 Å². The second-order valence-corrected chi connectivity index (χ2v) is 7.43. The van der Waals surface area contributed by atoms with Crippen molar-refractivity contribution in [2.24, 2.45) is 0 Å². The van der Waals surface area contributed by atoms with Gasteiger partial charge in [-0.05, 0) is 25.0 Å². The monoisotopic (exact) mass is 396 g/mol. The van der Waals surface area contributed by atoms with Gasteiger partial charge in [-0.1, -0.05) is 60.7 Å². The topological polar surface area (TPSA) is 63.2 Å². The number of hydrogen-bond donors (Lipinski definition) is 0. The van der Waals surface area contributed by atoms with E-state index in [0.717, 1.165) is 11.1 Å². The van der Waals surface area contributed by atoms with Gasteiger partial charge < -0.3 is 23.7 Å². The normalized spacial score (nSPS) is 23.2. The van der Waals surface area contributed by atoms with Crippen LogP contribution in [0.3, 0.4) is 0 Å². The number of benzene rings is 2. The quantitative estimate of drug-likeness (QED) is 0.665. The highest BCUT2D eigenvalue weighted by Gasteiger charge is 2.48. The minimum absolute atomic E-state index is 0.0862. The molecular weight excluding hydrogens is 372 g/mol. The molecule has 0 bridgehead atoms. The average molecular weight is 396 g/mol. The first-order valence-corrected chi connectivity index (χ1v) is 9.62. The van der Waals surface area contributed by atoms with Gasteiger partial charge in [-0.2, -0.15) is 0 Å². The zero-order valence-electron chi connectivity index (χ0n) is 16.5. The van der Waals surface area contributed by atoms with Crippen molar-refractivity contribution in [2.45, 2.75) is 45.1 Å². The molecule has 2 aromatic carbocycles. The molecular formula is C23H24O6. The molecule has 0 unspecified atom stereocenters. The summed E-state index contributed by atoms with van der Waals surface area (Å²) in [6, 6.07) is 19.3. The van der Waals surface area contributed by atoms with E-state index in [2.05, 4.69) is 0 Å². The van der Waals surface area contributed by atoms with Crippen molar-refractivity contribution in [2.75, 3.05) is 6.61 Å². The molecule has 0 N–H and O–H groups in total. The van der Waals surface area contributed by atoms with Crippen LogP contribution in [0.15, 0.2) is 72.2 Å². The summed E-state index contributed by atoms with van der Waals surface area (Å²) in [7, 11) is 0. The van der Waals surface area contributed by atoms with E-state index in [-0.39, 0.29) is 12.4 Å². The molecule has 152 valence electrons. The number of esters is 1.